The van der Waals surface area contributed by atoms with Crippen LogP contribution in [0.4, 0.5) is 18.9 Å². The summed E-state index contributed by atoms with van der Waals surface area (Å²) in [6.45, 7) is 2.13. The smallest absolute Gasteiger partial charge is 0.330 e. The van der Waals surface area contributed by atoms with Crippen LogP contribution in [0, 0.1) is 0 Å². The van der Waals surface area contributed by atoms with E-state index in [1.54, 1.807) is 12.1 Å². The van der Waals surface area contributed by atoms with Crippen molar-refractivity contribution >= 4 is 28.5 Å². The summed E-state index contributed by atoms with van der Waals surface area (Å²) in [7, 11) is 0. The molecule has 0 aliphatic rings. The number of nitrogens with one attached hydrogen (secondary N) is 2. The summed E-state index contributed by atoms with van der Waals surface area (Å²) >= 11 is 1.51. The highest BCUT2D eigenvalue weighted by molar-refractivity contribution is 8.00. The van der Waals surface area contributed by atoms with Crippen molar-refractivity contribution in [3.05, 3.63) is 23.9 Å². The molecular formula is C13H16F3N3S. The van der Waals surface area contributed by atoms with Crippen LogP contribution >= 0.6 is 11.9 Å². The number of hydrogen-bond donors (Lipinski definition) is 2. The van der Waals surface area contributed by atoms with Gasteiger partial charge < -0.3 is 4.72 Å². The first-order valence-electron chi connectivity index (χ1n) is 6.45. The number of aromatic amines is 1. The first kappa shape index (κ1) is 15.0. The zero-order valence-electron chi connectivity index (χ0n) is 11.0. The number of H-pyrrole nitrogens is 1. The molecule has 1 aromatic heterocycles. The minimum Gasteiger partial charge on any atom is -0.330 e. The number of benzene rings is 1. The summed E-state index contributed by atoms with van der Waals surface area (Å²) in [5, 5.41) is 5.82. The lowest BCUT2D eigenvalue weighted by Crippen LogP contribution is -2.05. The zero-order valence-corrected chi connectivity index (χ0v) is 11.9. The molecule has 1 aromatic carbocycles. The normalized spacial score (nSPS) is 12.0. The van der Waals surface area contributed by atoms with Gasteiger partial charge in [-0.1, -0.05) is 31.7 Å². The zero-order chi connectivity index (χ0) is 14.6. The fraction of sp³-hybridized carbons (Fsp3) is 0.462. The van der Waals surface area contributed by atoms with Crippen molar-refractivity contribution < 1.29 is 13.2 Å². The predicted molar refractivity (Wildman–Crippen MR) is 76.7 cm³/mol. The van der Waals surface area contributed by atoms with E-state index in [-0.39, 0.29) is 5.39 Å². The van der Waals surface area contributed by atoms with E-state index in [0.717, 1.165) is 25.0 Å². The van der Waals surface area contributed by atoms with Gasteiger partial charge in [0.25, 0.3) is 0 Å². The van der Waals surface area contributed by atoms with Gasteiger partial charge in [0.1, 0.15) is 5.69 Å². The summed E-state index contributed by atoms with van der Waals surface area (Å²) in [6, 6.07) is 4.79. The lowest BCUT2D eigenvalue weighted by Gasteiger charge is -2.07. The Hall–Kier alpha value is -1.37. The number of nitrogens with zero attached hydrogens (tertiary/aromatic N) is 1. The predicted octanol–water partition coefficient (Wildman–Crippen LogP) is 4.83. The van der Waals surface area contributed by atoms with E-state index < -0.39 is 11.9 Å². The molecular weight excluding hydrogens is 287 g/mol. The molecule has 2 aromatic rings. The highest BCUT2D eigenvalue weighted by atomic mass is 32.2. The van der Waals surface area contributed by atoms with Crippen LogP contribution in [-0.2, 0) is 6.18 Å². The molecule has 2 N–H and O–H groups in total. The van der Waals surface area contributed by atoms with Gasteiger partial charge in [0.15, 0.2) is 0 Å². The van der Waals surface area contributed by atoms with Gasteiger partial charge >= 0.3 is 6.18 Å². The van der Waals surface area contributed by atoms with E-state index in [1.165, 1.54) is 18.0 Å². The van der Waals surface area contributed by atoms with Crippen LogP contribution in [0.25, 0.3) is 10.9 Å². The largest absolute Gasteiger partial charge is 0.433 e. The van der Waals surface area contributed by atoms with Gasteiger partial charge in [0.2, 0.25) is 0 Å². The lowest BCUT2D eigenvalue weighted by atomic mass is 10.2. The van der Waals surface area contributed by atoms with Crippen molar-refractivity contribution in [3.8, 4) is 0 Å². The summed E-state index contributed by atoms with van der Waals surface area (Å²) in [4.78, 5) is 0. The van der Waals surface area contributed by atoms with Crippen molar-refractivity contribution in [2.45, 2.75) is 32.4 Å². The van der Waals surface area contributed by atoms with Crippen molar-refractivity contribution in [2.24, 2.45) is 0 Å². The van der Waals surface area contributed by atoms with Crippen LogP contribution in [0.15, 0.2) is 18.2 Å². The Labute approximate surface area is 119 Å². The van der Waals surface area contributed by atoms with Gasteiger partial charge in [-0.25, -0.2) is 0 Å². The fourth-order valence-electron chi connectivity index (χ4n) is 1.85. The standard InChI is InChI=1S/C13H16F3N3S/c1-2-3-4-7-20-19-9-5-6-11-10(8-9)12(18-17-11)13(14,15)16/h5-6,8,19H,2-4,7H2,1H3,(H,17,18). The quantitative estimate of drug-likeness (QED) is 0.593. The second-order valence-electron chi connectivity index (χ2n) is 4.49. The Balaban J connectivity index is 2.08. The second kappa shape index (κ2) is 6.39. The first-order chi connectivity index (χ1) is 9.52. The lowest BCUT2D eigenvalue weighted by molar-refractivity contribution is -0.139. The molecule has 0 amide bonds. The van der Waals surface area contributed by atoms with Gasteiger partial charge in [-0.3, -0.25) is 5.10 Å². The Morgan fingerprint density at radius 1 is 1.30 bits per heavy atom. The van der Waals surface area contributed by atoms with Crippen LogP contribution in [-0.4, -0.2) is 16.0 Å². The van der Waals surface area contributed by atoms with Gasteiger partial charge in [-0.05, 0) is 24.6 Å². The summed E-state index contributed by atoms with van der Waals surface area (Å²) in [5.41, 5.74) is 0.178. The van der Waals surface area contributed by atoms with Crippen molar-refractivity contribution in [3.63, 3.8) is 0 Å². The van der Waals surface area contributed by atoms with E-state index in [9.17, 15) is 13.2 Å². The number of anilines is 1. The SMILES string of the molecule is CCCCCSNc1ccc2n[nH]c(C(F)(F)F)c2c1. The van der Waals surface area contributed by atoms with Crippen molar-refractivity contribution in [1.82, 2.24) is 10.2 Å². The molecule has 0 atom stereocenters. The monoisotopic (exact) mass is 303 g/mol. The molecule has 2 rings (SSSR count). The summed E-state index contributed by atoms with van der Waals surface area (Å²) < 4.78 is 41.4. The molecule has 0 spiro atoms. The number of halogens is 3. The molecule has 0 bridgehead atoms. The van der Waals surface area contributed by atoms with Crippen molar-refractivity contribution in [1.29, 1.82) is 0 Å². The van der Waals surface area contributed by atoms with E-state index in [1.807, 2.05) is 0 Å². The average molecular weight is 303 g/mol. The van der Waals surface area contributed by atoms with Crippen LogP contribution in [0.3, 0.4) is 0 Å². The Morgan fingerprint density at radius 2 is 2.10 bits per heavy atom. The molecule has 0 saturated carbocycles. The molecule has 3 nitrogen and oxygen atoms in total. The van der Waals surface area contributed by atoms with Crippen LogP contribution in [0.1, 0.15) is 31.9 Å². The van der Waals surface area contributed by atoms with Gasteiger partial charge in [-0.15, -0.1) is 0 Å². The number of rotatable bonds is 6. The number of unbranched alkanes of at least 4 members (excludes halogenated alkanes) is 2. The van der Waals surface area contributed by atoms with E-state index in [4.69, 9.17) is 0 Å². The summed E-state index contributed by atoms with van der Waals surface area (Å²) in [5.74, 6) is 0.934. The molecule has 0 saturated heterocycles. The summed E-state index contributed by atoms with van der Waals surface area (Å²) in [6.07, 6.45) is -1.01. The molecule has 0 radical (unpaired) electrons. The topological polar surface area (TPSA) is 40.7 Å². The molecule has 0 unspecified atom stereocenters. The van der Waals surface area contributed by atoms with E-state index in [0.29, 0.717) is 11.2 Å². The first-order valence-corrected chi connectivity index (χ1v) is 7.44. The molecule has 0 fully saturated rings. The van der Waals surface area contributed by atoms with Gasteiger partial charge in [0, 0.05) is 16.8 Å². The highest BCUT2D eigenvalue weighted by Crippen LogP contribution is 2.34. The maximum absolute atomic E-state index is 12.8. The van der Waals surface area contributed by atoms with Crippen LogP contribution in [0.2, 0.25) is 0 Å². The highest BCUT2D eigenvalue weighted by Gasteiger charge is 2.35. The number of aromatic nitrogens is 2. The minimum atomic E-state index is -4.42. The maximum Gasteiger partial charge on any atom is 0.433 e. The molecule has 7 heteroatoms. The Bertz CT molecular complexity index is 565. The minimum absolute atomic E-state index is 0.0941. The van der Waals surface area contributed by atoms with Crippen LogP contribution < -0.4 is 4.72 Å². The third-order valence-electron chi connectivity index (χ3n) is 2.88. The Kier molecular flexibility index (Phi) is 4.80. The molecule has 0 aliphatic heterocycles. The molecule has 1 heterocycles. The molecule has 0 aliphatic carbocycles. The van der Waals surface area contributed by atoms with Gasteiger partial charge in [0.05, 0.1) is 5.52 Å². The number of hydrogen-bond acceptors (Lipinski definition) is 3. The van der Waals surface area contributed by atoms with E-state index >= 15 is 0 Å². The van der Waals surface area contributed by atoms with Gasteiger partial charge in [-0.2, -0.15) is 18.3 Å². The van der Waals surface area contributed by atoms with Crippen LogP contribution in [0.5, 0.6) is 0 Å². The third kappa shape index (κ3) is 3.59. The average Bonchev–Trinajstić information content (AvgIpc) is 2.81. The molecule has 20 heavy (non-hydrogen) atoms. The molecule has 110 valence electrons. The Morgan fingerprint density at radius 3 is 2.80 bits per heavy atom. The fourth-order valence-corrected chi connectivity index (χ4v) is 2.59. The number of alkyl halides is 3. The second-order valence-corrected chi connectivity index (χ2v) is 5.39. The third-order valence-corrected chi connectivity index (χ3v) is 3.75. The maximum atomic E-state index is 12.8. The van der Waals surface area contributed by atoms with Crippen molar-refractivity contribution in [2.75, 3.05) is 10.5 Å². The van der Waals surface area contributed by atoms with E-state index in [2.05, 4.69) is 21.8 Å². The number of fused-ring (bicyclic) bond motifs is 1.